The van der Waals surface area contributed by atoms with Crippen LogP contribution < -0.4 is 9.47 Å². The number of carbonyl (C=O) groups excluding carboxylic acids is 1. The van der Waals surface area contributed by atoms with Gasteiger partial charge in [-0.25, -0.2) is 0 Å². The number of benzene rings is 1. The summed E-state index contributed by atoms with van der Waals surface area (Å²) in [7, 11) is 0. The third-order valence-electron chi connectivity index (χ3n) is 2.59. The van der Waals surface area contributed by atoms with Gasteiger partial charge in [0, 0.05) is 12.0 Å². The molecule has 0 N–H and O–H groups in total. The van der Waals surface area contributed by atoms with Crippen molar-refractivity contribution in [1.82, 2.24) is 0 Å². The average Bonchev–Trinajstić information content (AvgIpc) is 2.66. The highest BCUT2D eigenvalue weighted by molar-refractivity contribution is 9.10. The second kappa shape index (κ2) is 4.45. The van der Waals surface area contributed by atoms with E-state index in [0.29, 0.717) is 6.42 Å². The van der Waals surface area contributed by atoms with Crippen molar-refractivity contribution in [2.75, 3.05) is 6.79 Å². The van der Waals surface area contributed by atoms with Gasteiger partial charge in [0.05, 0.1) is 4.47 Å². The maximum absolute atomic E-state index is 11.2. The fourth-order valence-corrected chi connectivity index (χ4v) is 2.52. The summed E-state index contributed by atoms with van der Waals surface area (Å²) in [6.45, 7) is 3.90. The number of hydrogen-bond acceptors (Lipinski definition) is 3. The van der Waals surface area contributed by atoms with Gasteiger partial charge in [-0.3, -0.25) is 4.79 Å². The van der Waals surface area contributed by atoms with Crippen molar-refractivity contribution in [2.24, 2.45) is 0 Å². The van der Waals surface area contributed by atoms with Crippen LogP contribution in [0.5, 0.6) is 11.5 Å². The molecular formula is C12H13BrO3. The Hall–Kier alpha value is -1.03. The molecule has 2 rings (SSSR count). The van der Waals surface area contributed by atoms with Gasteiger partial charge in [-0.05, 0) is 40.9 Å². The molecule has 0 bridgehead atoms. The Balaban J connectivity index is 2.53. The molecule has 0 fully saturated rings. The zero-order chi connectivity index (χ0) is 11.7. The number of ether oxygens (including phenoxy) is 2. The number of hydrogen-bond donors (Lipinski definition) is 0. The minimum Gasteiger partial charge on any atom is -0.453 e. The minimum absolute atomic E-state index is 0.153. The van der Waals surface area contributed by atoms with Gasteiger partial charge in [-0.1, -0.05) is 6.92 Å². The zero-order valence-electron chi connectivity index (χ0n) is 9.30. The Bertz CT molecular complexity index is 440. The summed E-state index contributed by atoms with van der Waals surface area (Å²) in [5.74, 6) is 1.69. The second-order valence-corrected chi connectivity index (χ2v) is 4.65. The maximum Gasteiger partial charge on any atom is 0.231 e. The summed E-state index contributed by atoms with van der Waals surface area (Å²) in [6, 6.07) is 1.95. The van der Waals surface area contributed by atoms with Gasteiger partial charge in [-0.2, -0.15) is 0 Å². The highest BCUT2D eigenvalue weighted by atomic mass is 79.9. The molecule has 4 heteroatoms. The van der Waals surface area contributed by atoms with E-state index in [1.54, 1.807) is 6.92 Å². The van der Waals surface area contributed by atoms with Gasteiger partial charge in [0.25, 0.3) is 0 Å². The van der Waals surface area contributed by atoms with Gasteiger partial charge >= 0.3 is 0 Å². The first-order valence-electron chi connectivity index (χ1n) is 5.22. The first-order valence-corrected chi connectivity index (χ1v) is 6.02. The molecule has 0 radical (unpaired) electrons. The van der Waals surface area contributed by atoms with Crippen molar-refractivity contribution in [3.05, 3.63) is 21.7 Å². The monoisotopic (exact) mass is 284 g/mol. The molecular weight excluding hydrogens is 272 g/mol. The van der Waals surface area contributed by atoms with E-state index in [2.05, 4.69) is 22.9 Å². The van der Waals surface area contributed by atoms with Gasteiger partial charge in [0.2, 0.25) is 6.79 Å². The van der Waals surface area contributed by atoms with Crippen molar-refractivity contribution in [3.8, 4) is 11.5 Å². The molecule has 1 aromatic rings. The molecule has 1 aliphatic heterocycles. The summed E-state index contributed by atoms with van der Waals surface area (Å²) >= 11 is 3.44. The molecule has 0 unspecified atom stereocenters. The summed E-state index contributed by atoms with van der Waals surface area (Å²) in [4.78, 5) is 11.2. The van der Waals surface area contributed by atoms with E-state index in [-0.39, 0.29) is 12.6 Å². The molecule has 0 spiro atoms. The third-order valence-corrected chi connectivity index (χ3v) is 3.17. The van der Waals surface area contributed by atoms with Crippen molar-refractivity contribution in [3.63, 3.8) is 0 Å². The van der Waals surface area contributed by atoms with E-state index in [1.165, 1.54) is 0 Å². The van der Waals surface area contributed by atoms with Crippen LogP contribution in [0.3, 0.4) is 0 Å². The predicted octanol–water partition coefficient (Wildman–Crippen LogP) is 2.87. The lowest BCUT2D eigenvalue weighted by Crippen LogP contribution is -2.02. The molecule has 1 heterocycles. The largest absolute Gasteiger partial charge is 0.453 e. The summed E-state index contributed by atoms with van der Waals surface area (Å²) in [6.07, 6.45) is 1.28. The van der Waals surface area contributed by atoms with E-state index in [0.717, 1.165) is 33.5 Å². The molecule has 16 heavy (non-hydrogen) atoms. The number of fused-ring (bicyclic) bond motifs is 1. The molecule has 3 nitrogen and oxygen atoms in total. The van der Waals surface area contributed by atoms with Gasteiger partial charge in [0.15, 0.2) is 11.5 Å². The number of carbonyl (C=O) groups is 1. The van der Waals surface area contributed by atoms with E-state index in [4.69, 9.17) is 9.47 Å². The predicted molar refractivity (Wildman–Crippen MR) is 64.0 cm³/mol. The lowest BCUT2D eigenvalue weighted by atomic mass is 9.99. The van der Waals surface area contributed by atoms with Crippen LogP contribution in [0.25, 0.3) is 0 Å². The first kappa shape index (κ1) is 11.5. The first-order chi connectivity index (χ1) is 7.63. The Morgan fingerprint density at radius 3 is 2.75 bits per heavy atom. The average molecular weight is 285 g/mol. The fourth-order valence-electron chi connectivity index (χ4n) is 1.94. The van der Waals surface area contributed by atoms with Crippen LogP contribution in [-0.4, -0.2) is 12.6 Å². The lowest BCUT2D eigenvalue weighted by molar-refractivity contribution is -0.116. The molecule has 0 atom stereocenters. The van der Waals surface area contributed by atoms with Gasteiger partial charge < -0.3 is 9.47 Å². The number of rotatable bonds is 3. The molecule has 86 valence electrons. The van der Waals surface area contributed by atoms with Gasteiger partial charge in [0.1, 0.15) is 5.78 Å². The zero-order valence-corrected chi connectivity index (χ0v) is 10.9. The van der Waals surface area contributed by atoms with Crippen molar-refractivity contribution < 1.29 is 14.3 Å². The maximum atomic E-state index is 11.2. The Labute approximate surface area is 103 Å². The molecule has 0 aromatic heterocycles. The van der Waals surface area contributed by atoms with Crippen LogP contribution in [0.15, 0.2) is 10.5 Å². The van der Waals surface area contributed by atoms with Crippen molar-refractivity contribution >= 4 is 21.7 Å². The summed E-state index contributed by atoms with van der Waals surface area (Å²) < 4.78 is 11.7. The molecule has 1 aromatic carbocycles. The minimum atomic E-state index is 0.153. The second-order valence-electron chi connectivity index (χ2n) is 3.79. The topological polar surface area (TPSA) is 35.5 Å². The van der Waals surface area contributed by atoms with Crippen LogP contribution in [0.2, 0.25) is 0 Å². The normalized spacial score (nSPS) is 12.9. The van der Waals surface area contributed by atoms with E-state index in [9.17, 15) is 4.79 Å². The molecule has 0 saturated carbocycles. The molecule has 0 amide bonds. The highest BCUT2D eigenvalue weighted by Gasteiger charge is 2.23. The van der Waals surface area contributed by atoms with Crippen LogP contribution in [0.1, 0.15) is 25.0 Å². The molecule has 0 saturated heterocycles. The van der Waals surface area contributed by atoms with E-state index >= 15 is 0 Å². The van der Waals surface area contributed by atoms with Gasteiger partial charge in [-0.15, -0.1) is 0 Å². The molecule has 1 aliphatic rings. The van der Waals surface area contributed by atoms with Crippen LogP contribution in [0.4, 0.5) is 0 Å². The quantitative estimate of drug-likeness (QED) is 0.856. The SMILES string of the molecule is CCc1c(CC(C)=O)cc(Br)c2c1OCO2. The third kappa shape index (κ3) is 1.94. The Morgan fingerprint density at radius 2 is 2.12 bits per heavy atom. The van der Waals surface area contributed by atoms with Crippen LogP contribution in [0, 0.1) is 0 Å². The number of ketones is 1. The smallest absolute Gasteiger partial charge is 0.231 e. The summed E-state index contributed by atoms with van der Waals surface area (Å²) in [5.41, 5.74) is 2.09. The number of halogens is 1. The lowest BCUT2D eigenvalue weighted by Gasteiger charge is -2.11. The number of Topliss-reactive ketones (excluding diaryl/α,β-unsaturated/α-hetero) is 1. The van der Waals surface area contributed by atoms with Crippen molar-refractivity contribution in [1.29, 1.82) is 0 Å². The van der Waals surface area contributed by atoms with Crippen molar-refractivity contribution in [2.45, 2.75) is 26.7 Å². The van der Waals surface area contributed by atoms with Crippen LogP contribution >= 0.6 is 15.9 Å². The van der Waals surface area contributed by atoms with Crippen LogP contribution in [-0.2, 0) is 17.6 Å². The Morgan fingerprint density at radius 1 is 1.44 bits per heavy atom. The van der Waals surface area contributed by atoms with E-state index in [1.807, 2.05) is 6.07 Å². The highest BCUT2D eigenvalue weighted by Crippen LogP contribution is 2.43. The fraction of sp³-hybridized carbons (Fsp3) is 0.417. The standard InChI is InChI=1S/C12H13BrO3/c1-3-9-8(4-7(2)14)5-10(13)12-11(9)15-6-16-12/h5H,3-4,6H2,1-2H3. The van der Waals surface area contributed by atoms with E-state index < -0.39 is 0 Å². The summed E-state index contributed by atoms with van der Waals surface area (Å²) in [5, 5.41) is 0. The molecule has 0 aliphatic carbocycles. The Kier molecular flexibility index (Phi) is 3.19.